The van der Waals surface area contributed by atoms with Gasteiger partial charge in [0.05, 0.1) is 16.8 Å². The van der Waals surface area contributed by atoms with Gasteiger partial charge in [0.15, 0.2) is 0 Å². The zero-order chi connectivity index (χ0) is 16.9. The van der Waals surface area contributed by atoms with Gasteiger partial charge in [-0.15, -0.1) is 0 Å². The lowest BCUT2D eigenvalue weighted by Gasteiger charge is -2.33. The van der Waals surface area contributed by atoms with Gasteiger partial charge >= 0.3 is 0 Å². The van der Waals surface area contributed by atoms with Gasteiger partial charge in [0, 0.05) is 25.7 Å². The number of likely N-dealkylation sites (tertiary alicyclic amines) is 1. The minimum Gasteiger partial charge on any atom is -0.467 e. The quantitative estimate of drug-likeness (QED) is 0.872. The van der Waals surface area contributed by atoms with Crippen LogP contribution in [0.5, 0.6) is 0 Å². The molecule has 1 aliphatic heterocycles. The van der Waals surface area contributed by atoms with E-state index in [1.807, 2.05) is 17.0 Å². The van der Waals surface area contributed by atoms with Gasteiger partial charge in [0.2, 0.25) is 0 Å². The van der Waals surface area contributed by atoms with Gasteiger partial charge < -0.3 is 19.7 Å². The summed E-state index contributed by atoms with van der Waals surface area (Å²) in [5, 5.41) is 13.9. The van der Waals surface area contributed by atoms with Crippen molar-refractivity contribution in [2.24, 2.45) is 0 Å². The van der Waals surface area contributed by atoms with Crippen LogP contribution in [0.15, 0.2) is 47.1 Å². The summed E-state index contributed by atoms with van der Waals surface area (Å²) in [4.78, 5) is 14.4. The zero-order valence-corrected chi connectivity index (χ0v) is 14.1. The highest BCUT2D eigenvalue weighted by atomic mass is 35.5. The topological polar surface area (TPSA) is 65.7 Å². The molecule has 1 aromatic heterocycles. The van der Waals surface area contributed by atoms with E-state index < -0.39 is 6.10 Å². The summed E-state index contributed by atoms with van der Waals surface area (Å²) < 4.78 is 5.19. The van der Waals surface area contributed by atoms with Crippen molar-refractivity contribution in [2.45, 2.75) is 25.0 Å². The number of furan rings is 1. The average molecular weight is 349 g/mol. The molecule has 2 aromatic rings. The maximum atomic E-state index is 12.5. The lowest BCUT2D eigenvalue weighted by atomic mass is 10.0. The number of carbonyl (C=O) groups is 1. The van der Waals surface area contributed by atoms with Crippen molar-refractivity contribution in [3.63, 3.8) is 0 Å². The first kappa shape index (κ1) is 17.0. The molecular formula is C18H21ClN2O3. The van der Waals surface area contributed by atoms with E-state index in [4.69, 9.17) is 16.0 Å². The van der Waals surface area contributed by atoms with Crippen molar-refractivity contribution < 1.29 is 14.3 Å². The number of piperidine rings is 1. The van der Waals surface area contributed by atoms with E-state index in [0.29, 0.717) is 36.0 Å². The molecule has 24 heavy (non-hydrogen) atoms. The van der Waals surface area contributed by atoms with Crippen LogP contribution < -0.4 is 5.32 Å². The van der Waals surface area contributed by atoms with Crippen LogP contribution in [0.2, 0.25) is 5.02 Å². The molecule has 1 unspecified atom stereocenters. The highest BCUT2D eigenvalue weighted by Crippen LogP contribution is 2.20. The minimum atomic E-state index is -0.650. The van der Waals surface area contributed by atoms with Crippen LogP contribution in [-0.4, -0.2) is 41.6 Å². The molecule has 128 valence electrons. The molecule has 1 fully saturated rings. The SMILES string of the molecule is O=C(c1ccccc1Cl)N1CCC(NCC(O)c2ccco2)CC1. The monoisotopic (exact) mass is 348 g/mol. The number of amides is 1. The van der Waals surface area contributed by atoms with E-state index >= 15 is 0 Å². The number of hydrogen-bond donors (Lipinski definition) is 2. The van der Waals surface area contributed by atoms with Crippen LogP contribution in [0.1, 0.15) is 35.1 Å². The Bertz CT molecular complexity index is 667. The number of carbonyl (C=O) groups excluding carboxylic acids is 1. The van der Waals surface area contributed by atoms with E-state index in [0.717, 1.165) is 12.8 Å². The number of aliphatic hydroxyl groups excluding tert-OH is 1. The van der Waals surface area contributed by atoms with E-state index in [9.17, 15) is 9.90 Å². The molecule has 1 aliphatic rings. The molecule has 1 aromatic carbocycles. The Morgan fingerprint density at radius 2 is 2.04 bits per heavy atom. The normalized spacial score (nSPS) is 17.0. The zero-order valence-electron chi connectivity index (χ0n) is 13.3. The summed E-state index contributed by atoms with van der Waals surface area (Å²) >= 11 is 6.10. The Labute approximate surface area is 146 Å². The van der Waals surface area contributed by atoms with Gasteiger partial charge in [0.1, 0.15) is 11.9 Å². The second-order valence-corrected chi connectivity index (χ2v) is 6.39. The first-order chi connectivity index (χ1) is 11.6. The maximum Gasteiger partial charge on any atom is 0.255 e. The third kappa shape index (κ3) is 3.98. The fraction of sp³-hybridized carbons (Fsp3) is 0.389. The molecule has 3 rings (SSSR count). The molecule has 1 atom stereocenters. The number of aliphatic hydroxyl groups is 1. The fourth-order valence-electron chi connectivity index (χ4n) is 2.95. The molecule has 0 bridgehead atoms. The largest absolute Gasteiger partial charge is 0.467 e. The fourth-order valence-corrected chi connectivity index (χ4v) is 3.17. The standard InChI is InChI=1S/C18H21ClN2O3/c19-15-5-2-1-4-14(15)18(23)21-9-7-13(8-10-21)20-12-16(22)17-6-3-11-24-17/h1-6,11,13,16,20,22H,7-10,12H2. The number of hydrogen-bond acceptors (Lipinski definition) is 4. The summed E-state index contributed by atoms with van der Waals surface area (Å²) in [6.45, 7) is 1.80. The van der Waals surface area contributed by atoms with E-state index in [2.05, 4.69) is 5.32 Å². The molecule has 0 spiro atoms. The van der Waals surface area contributed by atoms with Gasteiger partial charge in [-0.1, -0.05) is 23.7 Å². The van der Waals surface area contributed by atoms with Crippen LogP contribution in [-0.2, 0) is 0 Å². The molecular weight excluding hydrogens is 328 g/mol. The summed E-state index contributed by atoms with van der Waals surface area (Å²) in [5.41, 5.74) is 0.554. The number of rotatable bonds is 5. The van der Waals surface area contributed by atoms with Crippen LogP contribution in [0.4, 0.5) is 0 Å². The molecule has 0 radical (unpaired) electrons. The van der Waals surface area contributed by atoms with Crippen LogP contribution in [0.3, 0.4) is 0 Å². The summed E-state index contributed by atoms with van der Waals surface area (Å²) in [6.07, 6.45) is 2.60. The van der Waals surface area contributed by atoms with Crippen molar-refractivity contribution in [1.29, 1.82) is 0 Å². The summed E-state index contributed by atoms with van der Waals surface area (Å²) in [5.74, 6) is 0.545. The molecule has 0 saturated carbocycles. The van der Waals surface area contributed by atoms with Crippen LogP contribution >= 0.6 is 11.6 Å². The lowest BCUT2D eigenvalue weighted by molar-refractivity contribution is 0.0695. The lowest BCUT2D eigenvalue weighted by Crippen LogP contribution is -2.45. The van der Waals surface area contributed by atoms with Crippen LogP contribution in [0.25, 0.3) is 0 Å². The molecule has 5 nitrogen and oxygen atoms in total. The van der Waals surface area contributed by atoms with Crippen molar-refractivity contribution >= 4 is 17.5 Å². The number of benzene rings is 1. The molecule has 2 heterocycles. The predicted octanol–water partition coefficient (Wildman–Crippen LogP) is 2.86. The van der Waals surface area contributed by atoms with E-state index in [1.165, 1.54) is 0 Å². The third-order valence-electron chi connectivity index (χ3n) is 4.36. The third-order valence-corrected chi connectivity index (χ3v) is 4.69. The number of halogens is 1. The molecule has 0 aliphatic carbocycles. The average Bonchev–Trinajstić information content (AvgIpc) is 3.15. The van der Waals surface area contributed by atoms with Gasteiger partial charge in [-0.2, -0.15) is 0 Å². The van der Waals surface area contributed by atoms with E-state index in [1.54, 1.807) is 30.5 Å². The smallest absolute Gasteiger partial charge is 0.255 e. The number of nitrogens with one attached hydrogen (secondary N) is 1. The molecule has 2 N–H and O–H groups in total. The summed E-state index contributed by atoms with van der Waals surface area (Å²) in [6, 6.07) is 10.9. The van der Waals surface area contributed by atoms with Crippen molar-refractivity contribution in [2.75, 3.05) is 19.6 Å². The second kappa shape index (κ2) is 7.83. The Morgan fingerprint density at radius 3 is 2.71 bits per heavy atom. The number of nitrogens with zero attached hydrogens (tertiary/aromatic N) is 1. The first-order valence-electron chi connectivity index (χ1n) is 8.14. The van der Waals surface area contributed by atoms with E-state index in [-0.39, 0.29) is 11.9 Å². The predicted molar refractivity (Wildman–Crippen MR) is 92.0 cm³/mol. The highest BCUT2D eigenvalue weighted by Gasteiger charge is 2.25. The Kier molecular flexibility index (Phi) is 5.56. The Morgan fingerprint density at radius 1 is 1.29 bits per heavy atom. The Hall–Kier alpha value is -1.82. The Balaban J connectivity index is 1.47. The first-order valence-corrected chi connectivity index (χ1v) is 8.51. The van der Waals surface area contributed by atoms with Gasteiger partial charge in [-0.3, -0.25) is 4.79 Å². The van der Waals surface area contributed by atoms with Gasteiger partial charge in [-0.05, 0) is 37.1 Å². The summed E-state index contributed by atoms with van der Waals surface area (Å²) in [7, 11) is 0. The highest BCUT2D eigenvalue weighted by molar-refractivity contribution is 6.33. The molecule has 1 saturated heterocycles. The van der Waals surface area contributed by atoms with Crippen molar-refractivity contribution in [3.8, 4) is 0 Å². The van der Waals surface area contributed by atoms with Gasteiger partial charge in [-0.25, -0.2) is 0 Å². The minimum absolute atomic E-state index is 0.0188. The van der Waals surface area contributed by atoms with Crippen molar-refractivity contribution in [1.82, 2.24) is 10.2 Å². The van der Waals surface area contributed by atoms with Gasteiger partial charge in [0.25, 0.3) is 5.91 Å². The van der Waals surface area contributed by atoms with Crippen LogP contribution in [0, 0.1) is 0 Å². The second-order valence-electron chi connectivity index (χ2n) is 5.99. The molecule has 1 amide bonds. The maximum absolute atomic E-state index is 12.5. The van der Waals surface area contributed by atoms with Crippen molar-refractivity contribution in [3.05, 3.63) is 59.0 Å². The molecule has 6 heteroatoms.